The van der Waals surface area contributed by atoms with Crippen molar-refractivity contribution in [2.24, 2.45) is 0 Å². The van der Waals surface area contributed by atoms with Gasteiger partial charge in [-0.2, -0.15) is 5.10 Å². The summed E-state index contributed by atoms with van der Waals surface area (Å²) in [6, 6.07) is 17.8. The van der Waals surface area contributed by atoms with Crippen LogP contribution in [0.5, 0.6) is 11.6 Å². The molecule has 0 aliphatic heterocycles. The summed E-state index contributed by atoms with van der Waals surface area (Å²) in [5.41, 5.74) is 3.91. The van der Waals surface area contributed by atoms with E-state index >= 15 is 0 Å². The third kappa shape index (κ3) is 4.56. The van der Waals surface area contributed by atoms with Gasteiger partial charge < -0.3 is 10.1 Å². The van der Waals surface area contributed by atoms with Crippen molar-refractivity contribution in [2.45, 2.75) is 33.6 Å². The van der Waals surface area contributed by atoms with E-state index < -0.39 is 0 Å². The minimum atomic E-state index is 0.0330. The summed E-state index contributed by atoms with van der Waals surface area (Å²) in [4.78, 5) is 11.9. The van der Waals surface area contributed by atoms with E-state index in [0.29, 0.717) is 25.3 Å². The summed E-state index contributed by atoms with van der Waals surface area (Å²) in [7, 11) is 0. The van der Waals surface area contributed by atoms with Crippen LogP contribution in [0.25, 0.3) is 5.69 Å². The van der Waals surface area contributed by atoms with Crippen LogP contribution in [-0.2, 0) is 11.2 Å². The number of ether oxygens (including phenoxy) is 1. The van der Waals surface area contributed by atoms with E-state index in [2.05, 4.69) is 10.4 Å². The van der Waals surface area contributed by atoms with Crippen LogP contribution in [0.1, 0.15) is 30.2 Å². The van der Waals surface area contributed by atoms with Crippen LogP contribution in [0.4, 0.5) is 0 Å². The topological polar surface area (TPSA) is 56.2 Å². The van der Waals surface area contributed by atoms with E-state index in [0.717, 1.165) is 22.7 Å². The molecule has 0 fully saturated rings. The maximum Gasteiger partial charge on any atom is 0.226 e. The molecule has 27 heavy (non-hydrogen) atoms. The Kier molecular flexibility index (Phi) is 5.91. The predicted molar refractivity (Wildman–Crippen MR) is 107 cm³/mol. The fourth-order valence-corrected chi connectivity index (χ4v) is 2.92. The normalized spacial score (nSPS) is 10.6. The molecule has 3 rings (SSSR count). The Morgan fingerprint density at radius 1 is 1.07 bits per heavy atom. The zero-order valence-corrected chi connectivity index (χ0v) is 16.0. The standard InChI is InChI=1S/C22H25N3O2/c1-4-23-21(26)15-14-20-17(3)24-25(18-8-6-5-7-9-18)22(20)27-19-12-10-16(2)11-13-19/h5-13H,4,14-15H2,1-3H3,(H,23,26). The van der Waals surface area contributed by atoms with Gasteiger partial charge in [-0.05, 0) is 51.5 Å². The minimum Gasteiger partial charge on any atom is -0.439 e. The lowest BCUT2D eigenvalue weighted by Crippen LogP contribution is -2.22. The summed E-state index contributed by atoms with van der Waals surface area (Å²) in [5, 5.41) is 7.52. The fourth-order valence-electron chi connectivity index (χ4n) is 2.92. The van der Waals surface area contributed by atoms with Gasteiger partial charge in [-0.25, -0.2) is 4.68 Å². The highest BCUT2D eigenvalue weighted by molar-refractivity contribution is 5.76. The minimum absolute atomic E-state index is 0.0330. The Bertz CT molecular complexity index is 899. The van der Waals surface area contributed by atoms with E-state index in [9.17, 15) is 4.79 Å². The molecule has 5 heteroatoms. The molecule has 0 atom stereocenters. The molecule has 0 aliphatic rings. The summed E-state index contributed by atoms with van der Waals surface area (Å²) in [5.74, 6) is 1.44. The Balaban J connectivity index is 1.97. The lowest BCUT2D eigenvalue weighted by atomic mass is 10.1. The van der Waals surface area contributed by atoms with E-state index in [-0.39, 0.29) is 5.91 Å². The lowest BCUT2D eigenvalue weighted by Gasteiger charge is -2.12. The number of aryl methyl sites for hydroxylation is 2. The third-order valence-electron chi connectivity index (χ3n) is 4.35. The average Bonchev–Trinajstić information content (AvgIpc) is 2.98. The van der Waals surface area contributed by atoms with Crippen LogP contribution in [0.2, 0.25) is 0 Å². The Morgan fingerprint density at radius 2 is 1.78 bits per heavy atom. The molecule has 0 saturated heterocycles. The van der Waals surface area contributed by atoms with Crippen molar-refractivity contribution < 1.29 is 9.53 Å². The molecule has 0 aliphatic carbocycles. The number of nitrogens with one attached hydrogen (secondary N) is 1. The highest BCUT2D eigenvalue weighted by atomic mass is 16.5. The molecular weight excluding hydrogens is 338 g/mol. The number of hydrogen-bond acceptors (Lipinski definition) is 3. The number of para-hydroxylation sites is 1. The van der Waals surface area contributed by atoms with Gasteiger partial charge in [0.1, 0.15) is 5.75 Å². The number of amides is 1. The first kappa shape index (κ1) is 18.7. The molecule has 140 valence electrons. The molecule has 2 aromatic carbocycles. The fraction of sp³-hybridized carbons (Fsp3) is 0.273. The summed E-state index contributed by atoms with van der Waals surface area (Å²) in [6.07, 6.45) is 0.977. The zero-order valence-electron chi connectivity index (χ0n) is 16.0. The van der Waals surface area contributed by atoms with Gasteiger partial charge in [0.15, 0.2) is 0 Å². The smallest absolute Gasteiger partial charge is 0.226 e. The van der Waals surface area contributed by atoms with Crippen LogP contribution < -0.4 is 10.1 Å². The highest BCUT2D eigenvalue weighted by Crippen LogP contribution is 2.31. The second-order valence-corrected chi connectivity index (χ2v) is 6.49. The van der Waals surface area contributed by atoms with Crippen molar-refractivity contribution in [3.8, 4) is 17.3 Å². The first-order valence-electron chi connectivity index (χ1n) is 9.23. The van der Waals surface area contributed by atoms with Crippen LogP contribution in [0.15, 0.2) is 54.6 Å². The van der Waals surface area contributed by atoms with Crippen molar-refractivity contribution in [3.63, 3.8) is 0 Å². The van der Waals surface area contributed by atoms with Gasteiger partial charge in [0, 0.05) is 18.5 Å². The maximum absolute atomic E-state index is 11.9. The first-order chi connectivity index (χ1) is 13.1. The zero-order chi connectivity index (χ0) is 19.2. The van der Waals surface area contributed by atoms with E-state index in [1.807, 2.05) is 80.1 Å². The quantitative estimate of drug-likeness (QED) is 0.679. The molecule has 1 amide bonds. The van der Waals surface area contributed by atoms with Crippen LogP contribution in [0.3, 0.4) is 0 Å². The molecular formula is C22H25N3O2. The summed E-state index contributed by atoms with van der Waals surface area (Å²) in [6.45, 7) is 6.55. The SMILES string of the molecule is CCNC(=O)CCc1c(C)nn(-c2ccccc2)c1Oc1ccc(C)cc1. The van der Waals surface area contributed by atoms with Crippen molar-refractivity contribution in [1.82, 2.24) is 15.1 Å². The van der Waals surface area contributed by atoms with Gasteiger partial charge >= 0.3 is 0 Å². The average molecular weight is 363 g/mol. The lowest BCUT2D eigenvalue weighted by molar-refractivity contribution is -0.120. The number of carbonyl (C=O) groups is 1. The molecule has 1 aromatic heterocycles. The summed E-state index contributed by atoms with van der Waals surface area (Å²) < 4.78 is 8.04. The Labute approximate surface area is 160 Å². The van der Waals surface area contributed by atoms with Crippen molar-refractivity contribution in [2.75, 3.05) is 6.54 Å². The van der Waals surface area contributed by atoms with Gasteiger partial charge in [0.2, 0.25) is 11.8 Å². The first-order valence-corrected chi connectivity index (χ1v) is 9.23. The van der Waals surface area contributed by atoms with Crippen LogP contribution in [0, 0.1) is 13.8 Å². The number of aromatic nitrogens is 2. The summed E-state index contributed by atoms with van der Waals surface area (Å²) >= 11 is 0. The van der Waals surface area contributed by atoms with Crippen molar-refractivity contribution in [1.29, 1.82) is 0 Å². The molecule has 3 aromatic rings. The molecule has 0 spiro atoms. The predicted octanol–water partition coefficient (Wildman–Crippen LogP) is 4.35. The van der Waals surface area contributed by atoms with Crippen LogP contribution in [-0.4, -0.2) is 22.2 Å². The number of carbonyl (C=O) groups excluding carboxylic acids is 1. The second-order valence-electron chi connectivity index (χ2n) is 6.49. The maximum atomic E-state index is 11.9. The second kappa shape index (κ2) is 8.54. The van der Waals surface area contributed by atoms with E-state index in [1.165, 1.54) is 5.56 Å². The molecule has 0 bridgehead atoms. The molecule has 1 heterocycles. The highest BCUT2D eigenvalue weighted by Gasteiger charge is 2.19. The molecule has 0 radical (unpaired) electrons. The third-order valence-corrected chi connectivity index (χ3v) is 4.35. The number of hydrogen-bond donors (Lipinski definition) is 1. The molecule has 0 unspecified atom stereocenters. The number of benzene rings is 2. The monoisotopic (exact) mass is 363 g/mol. The van der Waals surface area contributed by atoms with Crippen molar-refractivity contribution in [3.05, 3.63) is 71.4 Å². The van der Waals surface area contributed by atoms with Gasteiger partial charge in [0.05, 0.1) is 11.4 Å². The molecule has 1 N–H and O–H groups in total. The van der Waals surface area contributed by atoms with Gasteiger partial charge in [0.25, 0.3) is 0 Å². The Morgan fingerprint density at radius 3 is 2.44 bits per heavy atom. The van der Waals surface area contributed by atoms with E-state index in [4.69, 9.17) is 4.74 Å². The number of nitrogens with zero attached hydrogens (tertiary/aromatic N) is 2. The van der Waals surface area contributed by atoms with Crippen molar-refractivity contribution >= 4 is 5.91 Å². The largest absolute Gasteiger partial charge is 0.439 e. The van der Waals surface area contributed by atoms with Gasteiger partial charge in [-0.15, -0.1) is 0 Å². The van der Waals surface area contributed by atoms with E-state index in [1.54, 1.807) is 0 Å². The Hall–Kier alpha value is -3.08. The van der Waals surface area contributed by atoms with Gasteiger partial charge in [-0.3, -0.25) is 4.79 Å². The molecule has 5 nitrogen and oxygen atoms in total. The molecule has 0 saturated carbocycles. The number of rotatable bonds is 7. The van der Waals surface area contributed by atoms with Crippen LogP contribution >= 0.6 is 0 Å². The van der Waals surface area contributed by atoms with Gasteiger partial charge in [-0.1, -0.05) is 35.9 Å².